The van der Waals surface area contributed by atoms with E-state index in [9.17, 15) is 13.2 Å². The van der Waals surface area contributed by atoms with Gasteiger partial charge in [0.2, 0.25) is 10.0 Å². The Kier molecular flexibility index (Phi) is 4.98. The molecule has 0 aliphatic carbocycles. The first-order valence-electron chi connectivity index (χ1n) is 9.05. The Balaban J connectivity index is 1.62. The first kappa shape index (κ1) is 19.0. The fraction of sp³-hybridized carbons (Fsp3) is 0.200. The number of hydrogen-bond acceptors (Lipinski definition) is 6. The summed E-state index contributed by atoms with van der Waals surface area (Å²) < 4.78 is 36.7. The number of carbonyl (C=O) groups excluding carboxylic acids is 1. The van der Waals surface area contributed by atoms with Gasteiger partial charge in [0.05, 0.1) is 24.0 Å². The van der Waals surface area contributed by atoms with Crippen molar-refractivity contribution in [1.82, 2.24) is 5.01 Å². The number of nitrogens with one attached hydrogen (secondary N) is 1. The number of furan rings is 2. The van der Waals surface area contributed by atoms with Crippen LogP contribution < -0.4 is 4.72 Å². The zero-order chi connectivity index (χ0) is 20.4. The minimum Gasteiger partial charge on any atom is -0.467 e. The lowest BCUT2D eigenvalue weighted by Crippen LogP contribution is -2.26. The first-order valence-corrected chi connectivity index (χ1v) is 10.7. The number of amides is 1. The van der Waals surface area contributed by atoms with Gasteiger partial charge in [0.1, 0.15) is 11.8 Å². The van der Waals surface area contributed by atoms with Crippen LogP contribution in [0.15, 0.2) is 75.0 Å². The predicted molar refractivity (Wildman–Crippen MR) is 107 cm³/mol. The molecule has 29 heavy (non-hydrogen) atoms. The van der Waals surface area contributed by atoms with Crippen LogP contribution in [0.5, 0.6) is 0 Å². The summed E-state index contributed by atoms with van der Waals surface area (Å²) in [4.78, 5) is 12.8. The molecule has 1 aromatic carbocycles. The highest BCUT2D eigenvalue weighted by Crippen LogP contribution is 2.34. The normalized spacial score (nSPS) is 16.7. The molecule has 0 radical (unpaired) electrons. The molecule has 1 aliphatic heterocycles. The van der Waals surface area contributed by atoms with E-state index in [2.05, 4.69) is 9.82 Å². The Morgan fingerprint density at radius 3 is 2.48 bits per heavy atom. The standard InChI is InChI=1S/C20H19N3O5S/c1-2-29(25,26)22-15-9-7-14(8-10-15)16-13-17(18-5-3-11-27-18)23(21-16)20(24)19-6-4-12-28-19/h3-12,17,22H,2,13H2,1H3/t17-/m0/s1. The predicted octanol–water partition coefficient (Wildman–Crippen LogP) is 3.63. The van der Waals surface area contributed by atoms with Gasteiger partial charge < -0.3 is 8.83 Å². The van der Waals surface area contributed by atoms with Gasteiger partial charge in [-0.2, -0.15) is 5.10 Å². The minimum atomic E-state index is -3.34. The molecule has 8 nitrogen and oxygen atoms in total. The van der Waals surface area contributed by atoms with Crippen molar-refractivity contribution in [2.24, 2.45) is 5.10 Å². The van der Waals surface area contributed by atoms with Gasteiger partial charge in [-0.25, -0.2) is 13.4 Å². The average molecular weight is 413 g/mol. The zero-order valence-corrected chi connectivity index (χ0v) is 16.4. The molecule has 9 heteroatoms. The molecule has 3 aromatic rings. The van der Waals surface area contributed by atoms with Gasteiger partial charge in [-0.1, -0.05) is 12.1 Å². The van der Waals surface area contributed by atoms with E-state index in [1.165, 1.54) is 11.3 Å². The van der Waals surface area contributed by atoms with Crippen LogP contribution in [0.2, 0.25) is 0 Å². The lowest BCUT2D eigenvalue weighted by Gasteiger charge is -2.18. The van der Waals surface area contributed by atoms with Gasteiger partial charge in [-0.05, 0) is 48.9 Å². The van der Waals surface area contributed by atoms with Gasteiger partial charge in [0.25, 0.3) is 0 Å². The Bertz CT molecular complexity index is 1120. The highest BCUT2D eigenvalue weighted by molar-refractivity contribution is 7.92. The molecule has 0 saturated carbocycles. The fourth-order valence-electron chi connectivity index (χ4n) is 3.07. The summed E-state index contributed by atoms with van der Waals surface area (Å²) in [6.07, 6.45) is 3.45. The van der Waals surface area contributed by atoms with Crippen LogP contribution in [-0.4, -0.2) is 30.8 Å². The van der Waals surface area contributed by atoms with E-state index in [0.29, 0.717) is 23.6 Å². The van der Waals surface area contributed by atoms with Crippen molar-refractivity contribution < 1.29 is 22.0 Å². The molecule has 0 saturated heterocycles. The average Bonchev–Trinajstić information content (AvgIpc) is 3.49. The summed E-state index contributed by atoms with van der Waals surface area (Å²) in [5.74, 6) is 0.446. The quantitative estimate of drug-likeness (QED) is 0.664. The van der Waals surface area contributed by atoms with Crippen LogP contribution >= 0.6 is 0 Å². The molecule has 0 bridgehead atoms. The number of rotatable bonds is 6. The summed E-state index contributed by atoms with van der Waals surface area (Å²) in [5, 5.41) is 5.88. The number of carbonyl (C=O) groups is 1. The number of nitrogens with zero attached hydrogens (tertiary/aromatic N) is 2. The molecule has 3 heterocycles. The third kappa shape index (κ3) is 3.95. The van der Waals surface area contributed by atoms with Crippen LogP contribution in [0.1, 0.15) is 41.3 Å². The van der Waals surface area contributed by atoms with Crippen LogP contribution in [-0.2, 0) is 10.0 Å². The largest absolute Gasteiger partial charge is 0.467 e. The first-order chi connectivity index (χ1) is 14.0. The molecule has 150 valence electrons. The fourth-order valence-corrected chi connectivity index (χ4v) is 3.71. The second-order valence-electron chi connectivity index (χ2n) is 6.49. The third-order valence-electron chi connectivity index (χ3n) is 4.59. The number of hydrazone groups is 1. The molecular weight excluding hydrogens is 394 g/mol. The van der Waals surface area contributed by atoms with Gasteiger partial charge in [-0.15, -0.1) is 0 Å². The topological polar surface area (TPSA) is 105 Å². The Morgan fingerprint density at radius 1 is 1.14 bits per heavy atom. The van der Waals surface area contributed by atoms with E-state index in [4.69, 9.17) is 8.83 Å². The third-order valence-corrected chi connectivity index (χ3v) is 5.90. The lowest BCUT2D eigenvalue weighted by atomic mass is 10.0. The molecule has 1 aliphatic rings. The van der Waals surface area contributed by atoms with Gasteiger partial charge >= 0.3 is 5.91 Å². The molecule has 1 amide bonds. The SMILES string of the molecule is CCS(=O)(=O)Nc1ccc(C2=NN(C(=O)c3ccco3)[C@H](c3ccco3)C2)cc1. The van der Waals surface area contributed by atoms with Crippen molar-refractivity contribution in [3.05, 3.63) is 78.1 Å². The summed E-state index contributed by atoms with van der Waals surface area (Å²) in [6, 6.07) is 13.3. The second-order valence-corrected chi connectivity index (χ2v) is 8.50. The maximum Gasteiger partial charge on any atom is 0.310 e. The highest BCUT2D eigenvalue weighted by Gasteiger charge is 2.36. The number of anilines is 1. The van der Waals surface area contributed by atoms with Crippen LogP contribution in [0.4, 0.5) is 5.69 Å². The van der Waals surface area contributed by atoms with E-state index in [0.717, 1.165) is 5.56 Å². The Morgan fingerprint density at radius 2 is 1.86 bits per heavy atom. The van der Waals surface area contributed by atoms with Crippen LogP contribution in [0.25, 0.3) is 0 Å². The van der Waals surface area contributed by atoms with E-state index in [1.54, 1.807) is 61.7 Å². The maximum absolute atomic E-state index is 12.8. The van der Waals surface area contributed by atoms with E-state index >= 15 is 0 Å². The maximum atomic E-state index is 12.8. The molecule has 2 aromatic heterocycles. The summed E-state index contributed by atoms with van der Waals surface area (Å²) in [7, 11) is -3.34. The van der Waals surface area contributed by atoms with Crippen molar-refractivity contribution in [2.45, 2.75) is 19.4 Å². The summed E-state index contributed by atoms with van der Waals surface area (Å²) in [5.41, 5.74) is 1.95. The smallest absolute Gasteiger partial charge is 0.310 e. The molecule has 1 atom stereocenters. The number of sulfonamides is 1. The monoisotopic (exact) mass is 413 g/mol. The molecule has 0 fully saturated rings. The van der Waals surface area contributed by atoms with E-state index in [1.807, 2.05) is 0 Å². The van der Waals surface area contributed by atoms with Gasteiger partial charge in [0, 0.05) is 12.1 Å². The van der Waals surface area contributed by atoms with E-state index < -0.39 is 16.1 Å². The lowest BCUT2D eigenvalue weighted by molar-refractivity contribution is 0.0660. The molecule has 0 spiro atoms. The highest BCUT2D eigenvalue weighted by atomic mass is 32.2. The van der Waals surface area contributed by atoms with Gasteiger partial charge in [0.15, 0.2) is 5.76 Å². The summed E-state index contributed by atoms with van der Waals surface area (Å²) >= 11 is 0. The zero-order valence-electron chi connectivity index (χ0n) is 15.6. The van der Waals surface area contributed by atoms with Crippen molar-refractivity contribution in [3.63, 3.8) is 0 Å². The van der Waals surface area contributed by atoms with Crippen molar-refractivity contribution in [1.29, 1.82) is 0 Å². The number of benzene rings is 1. The molecule has 0 unspecified atom stereocenters. The van der Waals surface area contributed by atoms with Crippen LogP contribution in [0, 0.1) is 0 Å². The van der Waals surface area contributed by atoms with E-state index in [-0.39, 0.29) is 17.4 Å². The van der Waals surface area contributed by atoms with Crippen LogP contribution in [0.3, 0.4) is 0 Å². The molecule has 1 N–H and O–H groups in total. The Labute approximate surface area is 167 Å². The van der Waals surface area contributed by atoms with Gasteiger partial charge in [-0.3, -0.25) is 9.52 Å². The van der Waals surface area contributed by atoms with Crippen molar-refractivity contribution in [2.75, 3.05) is 10.5 Å². The van der Waals surface area contributed by atoms with Crippen molar-refractivity contribution in [3.8, 4) is 0 Å². The minimum absolute atomic E-state index is 0.00383. The summed E-state index contributed by atoms with van der Waals surface area (Å²) in [6.45, 7) is 1.57. The number of hydrogen-bond donors (Lipinski definition) is 1. The second kappa shape index (κ2) is 7.59. The molecular formula is C20H19N3O5S. The Hall–Kier alpha value is -3.33. The van der Waals surface area contributed by atoms with Crippen molar-refractivity contribution >= 4 is 27.3 Å². The molecule has 4 rings (SSSR count).